The highest BCUT2D eigenvalue weighted by Crippen LogP contribution is 2.31. The maximum Gasteiger partial charge on any atom is 0.330 e. The fraction of sp³-hybridized carbons (Fsp3) is 0.526. The lowest BCUT2D eigenvalue weighted by molar-refractivity contribution is -0.133. The molecule has 0 bridgehead atoms. The minimum atomic E-state index is -1.42. The van der Waals surface area contributed by atoms with Crippen molar-refractivity contribution >= 4 is 17.5 Å². The number of carbonyl (C=O) groups is 3. The monoisotopic (exact) mass is 366 g/mol. The van der Waals surface area contributed by atoms with Gasteiger partial charge in [-0.05, 0) is 38.7 Å². The lowest BCUT2D eigenvalue weighted by atomic mass is 9.77. The second kappa shape index (κ2) is 10.2. The van der Waals surface area contributed by atoms with Crippen molar-refractivity contribution in [3.63, 3.8) is 0 Å². The van der Waals surface area contributed by atoms with Crippen LogP contribution >= 0.6 is 0 Å². The van der Waals surface area contributed by atoms with E-state index in [1.807, 2.05) is 0 Å². The zero-order valence-electron chi connectivity index (χ0n) is 15.0. The van der Waals surface area contributed by atoms with Crippen molar-refractivity contribution in [3.8, 4) is 0 Å². The third kappa shape index (κ3) is 5.72. The number of ketones is 2. The topological polar surface area (TPSA) is 132 Å². The third-order valence-electron chi connectivity index (χ3n) is 4.41. The SMILES string of the molecule is CC(=O)CCC/C=C/C1=C(CO)[C@@H](O)[C@@H](O)[C@@H](C/C=C(\C)C(=O)O)C1=O. The number of unbranched alkanes of at least 4 members (excludes halogenated alkanes) is 1. The van der Waals surface area contributed by atoms with Crippen molar-refractivity contribution in [3.05, 3.63) is 34.9 Å². The molecule has 7 heteroatoms. The molecule has 3 atom stereocenters. The molecule has 1 aliphatic rings. The smallest absolute Gasteiger partial charge is 0.330 e. The first-order chi connectivity index (χ1) is 12.2. The van der Waals surface area contributed by atoms with Crippen LogP contribution in [-0.4, -0.2) is 56.8 Å². The first-order valence-electron chi connectivity index (χ1n) is 8.51. The Bertz CT molecular complexity index is 642. The number of hydrogen-bond donors (Lipinski definition) is 4. The molecule has 0 heterocycles. The van der Waals surface area contributed by atoms with Crippen molar-refractivity contribution in [2.24, 2.45) is 5.92 Å². The van der Waals surface area contributed by atoms with Gasteiger partial charge in [0.25, 0.3) is 0 Å². The van der Waals surface area contributed by atoms with Crippen LogP contribution in [0.4, 0.5) is 0 Å². The summed E-state index contributed by atoms with van der Waals surface area (Å²) in [5.74, 6) is -2.50. The Morgan fingerprint density at radius 2 is 1.85 bits per heavy atom. The van der Waals surface area contributed by atoms with Gasteiger partial charge in [-0.3, -0.25) is 4.79 Å². The molecule has 0 unspecified atom stereocenters. The van der Waals surface area contributed by atoms with Crippen LogP contribution in [0.2, 0.25) is 0 Å². The molecule has 26 heavy (non-hydrogen) atoms. The number of allylic oxidation sites excluding steroid dienone is 4. The number of carboxylic acid groups (broad SMARTS) is 1. The van der Waals surface area contributed by atoms with Gasteiger partial charge in [-0.25, -0.2) is 4.79 Å². The van der Waals surface area contributed by atoms with Gasteiger partial charge in [0, 0.05) is 17.6 Å². The average molecular weight is 366 g/mol. The Hall–Kier alpha value is -2.09. The van der Waals surface area contributed by atoms with E-state index < -0.39 is 36.5 Å². The van der Waals surface area contributed by atoms with Gasteiger partial charge < -0.3 is 25.2 Å². The Balaban J connectivity index is 3.00. The molecule has 0 saturated carbocycles. The number of aliphatic carboxylic acids is 1. The molecule has 0 amide bonds. The summed E-state index contributed by atoms with van der Waals surface area (Å²) in [6, 6.07) is 0. The van der Waals surface area contributed by atoms with E-state index in [4.69, 9.17) is 5.11 Å². The van der Waals surface area contributed by atoms with Crippen LogP contribution in [-0.2, 0) is 14.4 Å². The zero-order valence-corrected chi connectivity index (χ0v) is 15.0. The van der Waals surface area contributed by atoms with Crippen LogP contribution in [0.15, 0.2) is 34.9 Å². The summed E-state index contributed by atoms with van der Waals surface area (Å²) in [5, 5.41) is 38.8. The molecule has 1 aliphatic carbocycles. The maximum absolute atomic E-state index is 12.7. The summed E-state index contributed by atoms with van der Waals surface area (Å²) in [5.41, 5.74) is 0.206. The number of Topliss-reactive ketones (excluding diaryl/α,β-unsaturated/α-hetero) is 2. The highest BCUT2D eigenvalue weighted by Gasteiger charge is 2.40. The van der Waals surface area contributed by atoms with Gasteiger partial charge in [-0.2, -0.15) is 0 Å². The summed E-state index contributed by atoms with van der Waals surface area (Å²) in [6.45, 7) is 2.30. The third-order valence-corrected chi connectivity index (χ3v) is 4.41. The van der Waals surface area contributed by atoms with Crippen molar-refractivity contribution in [2.45, 2.75) is 51.7 Å². The maximum atomic E-state index is 12.7. The fourth-order valence-electron chi connectivity index (χ4n) is 2.77. The molecule has 0 aromatic heterocycles. The van der Waals surface area contributed by atoms with E-state index >= 15 is 0 Å². The largest absolute Gasteiger partial charge is 0.478 e. The summed E-state index contributed by atoms with van der Waals surface area (Å²) in [7, 11) is 0. The van der Waals surface area contributed by atoms with Crippen molar-refractivity contribution in [1.29, 1.82) is 0 Å². The summed E-state index contributed by atoms with van der Waals surface area (Å²) >= 11 is 0. The van der Waals surface area contributed by atoms with E-state index in [-0.39, 0.29) is 28.9 Å². The van der Waals surface area contributed by atoms with Crippen LogP contribution in [0.5, 0.6) is 0 Å². The molecule has 0 aromatic rings. The second-order valence-corrected chi connectivity index (χ2v) is 6.43. The first-order valence-corrected chi connectivity index (χ1v) is 8.51. The quantitative estimate of drug-likeness (QED) is 0.352. The predicted molar refractivity (Wildman–Crippen MR) is 94.3 cm³/mol. The molecule has 0 aliphatic heterocycles. The summed E-state index contributed by atoms with van der Waals surface area (Å²) < 4.78 is 0. The number of carbonyl (C=O) groups excluding carboxylic acids is 2. The van der Waals surface area contributed by atoms with E-state index in [9.17, 15) is 29.7 Å². The van der Waals surface area contributed by atoms with Crippen LogP contribution < -0.4 is 0 Å². The van der Waals surface area contributed by atoms with Crippen molar-refractivity contribution in [2.75, 3.05) is 6.61 Å². The van der Waals surface area contributed by atoms with E-state index in [1.54, 1.807) is 6.08 Å². The minimum absolute atomic E-state index is 0.0322. The normalized spacial score (nSPS) is 24.4. The minimum Gasteiger partial charge on any atom is -0.478 e. The Labute approximate surface area is 152 Å². The Morgan fingerprint density at radius 3 is 2.38 bits per heavy atom. The van der Waals surface area contributed by atoms with Gasteiger partial charge in [0.1, 0.15) is 11.9 Å². The lowest BCUT2D eigenvalue weighted by Crippen LogP contribution is -2.45. The average Bonchev–Trinajstić information content (AvgIpc) is 2.58. The Morgan fingerprint density at radius 1 is 1.19 bits per heavy atom. The molecule has 0 saturated heterocycles. The molecule has 0 spiro atoms. The first kappa shape index (κ1) is 22.0. The molecule has 7 nitrogen and oxygen atoms in total. The number of hydrogen-bond acceptors (Lipinski definition) is 6. The number of carboxylic acids is 1. The molecule has 4 N–H and O–H groups in total. The van der Waals surface area contributed by atoms with Gasteiger partial charge in [-0.15, -0.1) is 0 Å². The van der Waals surface area contributed by atoms with E-state index in [1.165, 1.54) is 26.0 Å². The van der Waals surface area contributed by atoms with Crippen LogP contribution in [0.25, 0.3) is 0 Å². The lowest BCUT2D eigenvalue weighted by Gasteiger charge is -2.33. The highest BCUT2D eigenvalue weighted by atomic mass is 16.4. The molecule has 0 aromatic carbocycles. The number of aliphatic hydroxyl groups is 3. The van der Waals surface area contributed by atoms with E-state index in [0.29, 0.717) is 19.3 Å². The zero-order chi connectivity index (χ0) is 19.9. The summed E-state index contributed by atoms with van der Waals surface area (Å²) in [4.78, 5) is 34.5. The van der Waals surface area contributed by atoms with Crippen molar-refractivity contribution in [1.82, 2.24) is 0 Å². The summed E-state index contributed by atoms with van der Waals surface area (Å²) in [6.07, 6.45) is 3.25. The predicted octanol–water partition coefficient (Wildman–Crippen LogP) is 0.932. The van der Waals surface area contributed by atoms with Crippen LogP contribution in [0.3, 0.4) is 0 Å². The van der Waals surface area contributed by atoms with Gasteiger partial charge in [0.05, 0.1) is 18.6 Å². The number of aliphatic hydroxyl groups excluding tert-OH is 3. The standard InChI is InChI=1S/C19H26O7/c1-11(19(25)26)8-9-14-16(22)13(7-5-3-4-6-12(2)21)15(10-20)18(24)17(14)23/h5,7-8,14,17-18,20,23-24H,3-4,6,9-10H2,1-2H3,(H,25,26)/b7-5+,11-8+/t14-,17-,18+/m0/s1. The van der Waals surface area contributed by atoms with E-state index in [2.05, 4.69) is 0 Å². The molecular formula is C19H26O7. The van der Waals surface area contributed by atoms with Crippen molar-refractivity contribution < 1.29 is 34.8 Å². The fourth-order valence-corrected chi connectivity index (χ4v) is 2.77. The highest BCUT2D eigenvalue weighted by molar-refractivity contribution is 6.02. The molecule has 0 radical (unpaired) electrons. The van der Waals surface area contributed by atoms with Crippen LogP contribution in [0, 0.1) is 5.92 Å². The van der Waals surface area contributed by atoms with Gasteiger partial charge in [0.15, 0.2) is 5.78 Å². The molecule has 0 fully saturated rings. The van der Waals surface area contributed by atoms with Gasteiger partial charge >= 0.3 is 5.97 Å². The Kier molecular flexibility index (Phi) is 8.57. The van der Waals surface area contributed by atoms with Gasteiger partial charge in [-0.1, -0.05) is 18.2 Å². The van der Waals surface area contributed by atoms with Gasteiger partial charge in [0.2, 0.25) is 0 Å². The van der Waals surface area contributed by atoms with E-state index in [0.717, 1.165) is 0 Å². The second-order valence-electron chi connectivity index (χ2n) is 6.43. The molecular weight excluding hydrogens is 340 g/mol. The van der Waals surface area contributed by atoms with Crippen LogP contribution in [0.1, 0.15) is 39.5 Å². The molecule has 1 rings (SSSR count). The molecule has 144 valence electrons. The number of rotatable bonds is 9.